The normalized spacial score (nSPS) is 12.1. The van der Waals surface area contributed by atoms with E-state index in [2.05, 4.69) is 5.10 Å². The summed E-state index contributed by atoms with van der Waals surface area (Å²) in [4.78, 5) is 10.7. The molecular weight excluding hydrogens is 237 g/mol. The van der Waals surface area contributed by atoms with E-state index in [1.807, 2.05) is 0 Å². The van der Waals surface area contributed by atoms with E-state index in [-0.39, 0.29) is 0 Å². The van der Waals surface area contributed by atoms with Crippen LogP contribution in [0.5, 0.6) is 0 Å². The zero-order valence-electron chi connectivity index (χ0n) is 9.45. The van der Waals surface area contributed by atoms with Gasteiger partial charge in [0.1, 0.15) is 5.56 Å². The van der Waals surface area contributed by atoms with Crippen molar-refractivity contribution in [2.45, 2.75) is 38.9 Å². The van der Waals surface area contributed by atoms with Crippen molar-refractivity contribution in [2.24, 2.45) is 0 Å². The number of hydrogen-bond acceptors (Lipinski definition) is 2. The van der Waals surface area contributed by atoms with Gasteiger partial charge in [-0.2, -0.15) is 18.3 Å². The summed E-state index contributed by atoms with van der Waals surface area (Å²) >= 11 is 0. The van der Waals surface area contributed by atoms with E-state index in [1.54, 1.807) is 13.8 Å². The van der Waals surface area contributed by atoms with Crippen molar-refractivity contribution in [3.63, 3.8) is 0 Å². The number of aromatic nitrogens is 2. The largest absolute Gasteiger partial charge is 0.478 e. The molecule has 1 aromatic heterocycles. The van der Waals surface area contributed by atoms with E-state index >= 15 is 0 Å². The lowest BCUT2D eigenvalue weighted by atomic mass is 10.1. The van der Waals surface area contributed by atoms with Crippen molar-refractivity contribution in [2.75, 3.05) is 0 Å². The monoisotopic (exact) mass is 250 g/mol. The van der Waals surface area contributed by atoms with Crippen molar-refractivity contribution in [1.82, 2.24) is 9.78 Å². The van der Waals surface area contributed by atoms with Crippen LogP contribution in [0.1, 0.15) is 48.8 Å². The molecule has 7 heteroatoms. The first-order chi connectivity index (χ1) is 7.82. The maximum absolute atomic E-state index is 12.8. The fourth-order valence-electron chi connectivity index (χ4n) is 1.71. The molecule has 0 aliphatic carbocycles. The number of aromatic carboxylic acids is 1. The molecule has 0 fully saturated rings. The van der Waals surface area contributed by atoms with Gasteiger partial charge in [-0.3, -0.25) is 4.68 Å². The second-order valence-corrected chi connectivity index (χ2v) is 3.62. The third-order valence-corrected chi connectivity index (χ3v) is 2.58. The summed E-state index contributed by atoms with van der Waals surface area (Å²) in [5.74, 6) is -1.62. The average Bonchev–Trinajstić information content (AvgIpc) is 2.63. The number of rotatable bonds is 4. The molecule has 1 N–H and O–H groups in total. The topological polar surface area (TPSA) is 55.1 Å². The van der Waals surface area contributed by atoms with E-state index in [1.165, 1.54) is 0 Å². The first-order valence-corrected chi connectivity index (χ1v) is 5.20. The average molecular weight is 250 g/mol. The minimum Gasteiger partial charge on any atom is -0.478 e. The number of alkyl halides is 3. The summed E-state index contributed by atoms with van der Waals surface area (Å²) in [6, 6.07) is -0.445. The highest BCUT2D eigenvalue weighted by Gasteiger charge is 2.41. The highest BCUT2D eigenvalue weighted by Crippen LogP contribution is 2.34. The van der Waals surface area contributed by atoms with E-state index < -0.39 is 29.4 Å². The Morgan fingerprint density at radius 3 is 2.35 bits per heavy atom. The van der Waals surface area contributed by atoms with Gasteiger partial charge in [-0.05, 0) is 12.8 Å². The lowest BCUT2D eigenvalue weighted by Crippen LogP contribution is -2.21. The highest BCUT2D eigenvalue weighted by molar-refractivity contribution is 5.88. The summed E-state index contributed by atoms with van der Waals surface area (Å²) in [6.07, 6.45) is -3.04. The van der Waals surface area contributed by atoms with Crippen LogP contribution in [-0.2, 0) is 6.18 Å². The number of halogens is 3. The summed E-state index contributed by atoms with van der Waals surface area (Å²) in [7, 11) is 0. The molecule has 1 aromatic rings. The first kappa shape index (κ1) is 13.5. The number of nitrogens with zero attached hydrogens (tertiary/aromatic N) is 2. The molecule has 1 heterocycles. The van der Waals surface area contributed by atoms with Crippen LogP contribution < -0.4 is 0 Å². The maximum atomic E-state index is 12.8. The molecule has 0 radical (unpaired) electrons. The zero-order chi connectivity index (χ0) is 13.2. The van der Waals surface area contributed by atoms with Gasteiger partial charge in [0, 0.05) is 0 Å². The van der Waals surface area contributed by atoms with Crippen LogP contribution in [-0.4, -0.2) is 20.9 Å². The van der Waals surface area contributed by atoms with Gasteiger partial charge in [-0.15, -0.1) is 0 Å². The molecule has 0 bridgehead atoms. The zero-order valence-corrected chi connectivity index (χ0v) is 9.45. The minimum absolute atomic E-state index is 0.445. The van der Waals surface area contributed by atoms with Crippen molar-refractivity contribution < 1.29 is 23.1 Å². The lowest BCUT2D eigenvalue weighted by molar-refractivity contribution is -0.145. The highest BCUT2D eigenvalue weighted by atomic mass is 19.4. The van der Waals surface area contributed by atoms with Gasteiger partial charge in [0.05, 0.1) is 12.2 Å². The van der Waals surface area contributed by atoms with Crippen LogP contribution >= 0.6 is 0 Å². The SMILES string of the molecule is CCC(CC)n1ncc(C(=O)O)c1C(F)(F)F. The van der Waals surface area contributed by atoms with Crippen LogP contribution in [0.3, 0.4) is 0 Å². The Bertz CT molecular complexity index is 408. The van der Waals surface area contributed by atoms with Crippen LogP contribution in [0.25, 0.3) is 0 Å². The molecule has 0 spiro atoms. The van der Waals surface area contributed by atoms with Gasteiger partial charge >= 0.3 is 12.1 Å². The van der Waals surface area contributed by atoms with Crippen molar-refractivity contribution in [3.8, 4) is 0 Å². The first-order valence-electron chi connectivity index (χ1n) is 5.20. The standard InChI is InChI=1S/C10H13F3N2O2/c1-3-6(4-2)15-8(10(11,12)13)7(5-14-15)9(16)17/h5-6H,3-4H2,1-2H3,(H,16,17). The molecule has 0 atom stereocenters. The molecule has 17 heavy (non-hydrogen) atoms. The predicted octanol–water partition coefficient (Wildman–Crippen LogP) is 2.96. The van der Waals surface area contributed by atoms with Gasteiger partial charge in [0.15, 0.2) is 5.69 Å². The second kappa shape index (κ2) is 4.77. The molecule has 0 saturated heterocycles. The van der Waals surface area contributed by atoms with Crippen LogP contribution in [0, 0.1) is 0 Å². The number of carboxylic acids is 1. The lowest BCUT2D eigenvalue weighted by Gasteiger charge is -2.18. The van der Waals surface area contributed by atoms with Gasteiger partial charge in [-0.1, -0.05) is 13.8 Å². The predicted molar refractivity (Wildman–Crippen MR) is 53.8 cm³/mol. The molecule has 0 unspecified atom stereocenters. The van der Waals surface area contributed by atoms with E-state index in [9.17, 15) is 18.0 Å². The molecule has 96 valence electrons. The Morgan fingerprint density at radius 1 is 1.47 bits per heavy atom. The fraction of sp³-hybridized carbons (Fsp3) is 0.600. The van der Waals surface area contributed by atoms with E-state index in [0.717, 1.165) is 10.9 Å². The molecule has 0 aliphatic rings. The molecule has 0 amide bonds. The summed E-state index contributed by atoms with van der Waals surface area (Å²) in [5.41, 5.74) is -1.98. The quantitative estimate of drug-likeness (QED) is 0.893. The molecule has 1 rings (SSSR count). The molecule has 0 saturated carbocycles. The maximum Gasteiger partial charge on any atom is 0.433 e. The van der Waals surface area contributed by atoms with Gasteiger partial charge in [0.25, 0.3) is 0 Å². The summed E-state index contributed by atoms with van der Waals surface area (Å²) in [5, 5.41) is 12.3. The Morgan fingerprint density at radius 2 is 2.00 bits per heavy atom. The van der Waals surface area contributed by atoms with Crippen LogP contribution in [0.4, 0.5) is 13.2 Å². The van der Waals surface area contributed by atoms with E-state index in [0.29, 0.717) is 12.8 Å². The third kappa shape index (κ3) is 2.59. The smallest absolute Gasteiger partial charge is 0.433 e. The van der Waals surface area contributed by atoms with Gasteiger partial charge in [-0.25, -0.2) is 4.79 Å². The minimum atomic E-state index is -4.72. The Labute approximate surface area is 96.0 Å². The Hall–Kier alpha value is -1.53. The van der Waals surface area contributed by atoms with Gasteiger partial charge < -0.3 is 5.11 Å². The van der Waals surface area contributed by atoms with Gasteiger partial charge in [0.2, 0.25) is 0 Å². The van der Waals surface area contributed by atoms with Crippen molar-refractivity contribution >= 4 is 5.97 Å². The molecule has 0 aromatic carbocycles. The van der Waals surface area contributed by atoms with E-state index in [4.69, 9.17) is 5.11 Å². The second-order valence-electron chi connectivity index (χ2n) is 3.62. The fourth-order valence-corrected chi connectivity index (χ4v) is 1.71. The number of hydrogen-bond donors (Lipinski definition) is 1. The molecule has 4 nitrogen and oxygen atoms in total. The Kier molecular flexibility index (Phi) is 3.79. The Balaban J connectivity index is 3.37. The summed E-state index contributed by atoms with van der Waals surface area (Å²) in [6.45, 7) is 3.47. The molecular formula is C10H13F3N2O2. The number of carbonyl (C=O) groups is 1. The molecule has 0 aliphatic heterocycles. The van der Waals surface area contributed by atoms with Crippen molar-refractivity contribution in [3.05, 3.63) is 17.5 Å². The number of carboxylic acid groups (broad SMARTS) is 1. The third-order valence-electron chi connectivity index (χ3n) is 2.58. The van der Waals surface area contributed by atoms with Crippen LogP contribution in [0.2, 0.25) is 0 Å². The van der Waals surface area contributed by atoms with Crippen LogP contribution in [0.15, 0.2) is 6.20 Å². The van der Waals surface area contributed by atoms with Crippen molar-refractivity contribution in [1.29, 1.82) is 0 Å². The summed E-state index contributed by atoms with van der Waals surface area (Å²) < 4.78 is 39.2.